The van der Waals surface area contributed by atoms with Gasteiger partial charge in [-0.2, -0.15) is 0 Å². The smallest absolute Gasteiger partial charge is 0.383 e. The average Bonchev–Trinajstić information content (AvgIpc) is 1.98. The van der Waals surface area contributed by atoms with E-state index in [2.05, 4.69) is 11.3 Å². The van der Waals surface area contributed by atoms with Crippen LogP contribution in [-0.2, 0) is 19.1 Å². The number of hydrogen-bond acceptors (Lipinski definition) is 4. The van der Waals surface area contributed by atoms with E-state index in [1.807, 2.05) is 0 Å². The summed E-state index contributed by atoms with van der Waals surface area (Å²) in [5.74, 6) is -3.28. The van der Waals surface area contributed by atoms with Crippen molar-refractivity contribution < 1.29 is 19.1 Å². The Bertz CT molecular complexity index is 257. The maximum absolute atomic E-state index is 10.9. The second-order valence-corrected chi connectivity index (χ2v) is 3.40. The number of ketones is 2. The molecule has 0 saturated heterocycles. The highest BCUT2D eigenvalue weighted by Crippen LogP contribution is 2.07. The van der Waals surface area contributed by atoms with Crippen LogP contribution in [0.25, 0.3) is 0 Å². The van der Waals surface area contributed by atoms with Crippen LogP contribution in [0, 0.1) is 0 Å². The normalized spacial score (nSPS) is 10.4. The molecule has 0 spiro atoms. The Hall–Kier alpha value is -1.45. The van der Waals surface area contributed by atoms with Crippen molar-refractivity contribution >= 4 is 17.5 Å². The summed E-state index contributed by atoms with van der Waals surface area (Å²) in [5, 5.41) is 0. The Morgan fingerprint density at radius 3 is 2.00 bits per heavy atom. The summed E-state index contributed by atoms with van der Waals surface area (Å²) in [5.41, 5.74) is -0.770. The predicted molar refractivity (Wildman–Crippen MR) is 46.1 cm³/mol. The molecule has 0 unspecified atom stereocenters. The Morgan fingerprint density at radius 1 is 1.23 bits per heavy atom. The summed E-state index contributed by atoms with van der Waals surface area (Å²) in [7, 11) is 0. The molecule has 0 bridgehead atoms. The summed E-state index contributed by atoms with van der Waals surface area (Å²) in [4.78, 5) is 32.4. The van der Waals surface area contributed by atoms with E-state index in [4.69, 9.17) is 0 Å². The Balaban J connectivity index is 4.38. The number of allylic oxidation sites excluding steroid dienone is 1. The van der Waals surface area contributed by atoms with Crippen LogP contribution in [0.3, 0.4) is 0 Å². The van der Waals surface area contributed by atoms with Gasteiger partial charge in [-0.25, -0.2) is 4.79 Å². The highest BCUT2D eigenvalue weighted by atomic mass is 16.6. The summed E-state index contributed by atoms with van der Waals surface area (Å²) >= 11 is 0. The van der Waals surface area contributed by atoms with Crippen molar-refractivity contribution in [1.29, 1.82) is 0 Å². The van der Waals surface area contributed by atoms with E-state index < -0.39 is 23.1 Å². The van der Waals surface area contributed by atoms with Crippen LogP contribution in [0.4, 0.5) is 0 Å². The first-order chi connectivity index (χ1) is 5.78. The van der Waals surface area contributed by atoms with Gasteiger partial charge in [0, 0.05) is 0 Å². The number of Topliss-reactive ketones (excluding diaryl/α,β-unsaturated/α-hetero) is 1. The lowest BCUT2D eigenvalue weighted by Crippen LogP contribution is -2.32. The summed E-state index contributed by atoms with van der Waals surface area (Å²) < 4.78 is 4.67. The number of carbonyl (C=O) groups excluding carboxylic acids is 3. The minimum absolute atomic E-state index is 0.770. The first kappa shape index (κ1) is 11.6. The molecular formula is C9H12O4. The van der Waals surface area contributed by atoms with Gasteiger partial charge in [-0.05, 0) is 26.8 Å². The van der Waals surface area contributed by atoms with E-state index in [1.54, 1.807) is 20.8 Å². The zero-order valence-corrected chi connectivity index (χ0v) is 7.92. The Kier molecular flexibility index (Phi) is 3.54. The maximum atomic E-state index is 10.9. The van der Waals surface area contributed by atoms with E-state index in [0.29, 0.717) is 0 Å². The molecule has 0 atom stereocenters. The third-order valence-electron chi connectivity index (χ3n) is 0.993. The van der Waals surface area contributed by atoms with Crippen molar-refractivity contribution in [3.63, 3.8) is 0 Å². The number of rotatable bonds is 3. The highest BCUT2D eigenvalue weighted by molar-refractivity contribution is 6.64. The molecule has 0 amide bonds. The van der Waals surface area contributed by atoms with E-state index in [9.17, 15) is 14.4 Å². The second kappa shape index (κ2) is 3.98. The molecule has 0 fully saturated rings. The summed E-state index contributed by atoms with van der Waals surface area (Å²) in [6.07, 6.45) is 0.784. The number of esters is 1. The molecule has 0 heterocycles. The molecule has 0 N–H and O–H groups in total. The molecule has 0 aliphatic rings. The van der Waals surface area contributed by atoms with Gasteiger partial charge in [0.25, 0.3) is 0 Å². The van der Waals surface area contributed by atoms with Crippen molar-refractivity contribution in [3.05, 3.63) is 12.7 Å². The van der Waals surface area contributed by atoms with Crippen LogP contribution in [0.1, 0.15) is 20.8 Å². The van der Waals surface area contributed by atoms with Gasteiger partial charge in [0.05, 0.1) is 0 Å². The molecule has 13 heavy (non-hydrogen) atoms. The van der Waals surface area contributed by atoms with E-state index in [-0.39, 0.29) is 0 Å². The van der Waals surface area contributed by atoms with Crippen LogP contribution >= 0.6 is 0 Å². The Morgan fingerprint density at radius 2 is 1.69 bits per heavy atom. The zero-order valence-electron chi connectivity index (χ0n) is 7.92. The fourth-order valence-electron chi connectivity index (χ4n) is 0.518. The molecule has 0 radical (unpaired) electrons. The fourth-order valence-corrected chi connectivity index (χ4v) is 0.518. The topological polar surface area (TPSA) is 60.4 Å². The van der Waals surface area contributed by atoms with E-state index in [1.165, 1.54) is 0 Å². The van der Waals surface area contributed by atoms with Gasteiger partial charge in [-0.1, -0.05) is 6.58 Å². The highest BCUT2D eigenvalue weighted by Gasteiger charge is 2.26. The Labute approximate surface area is 76.6 Å². The van der Waals surface area contributed by atoms with E-state index >= 15 is 0 Å². The molecule has 72 valence electrons. The van der Waals surface area contributed by atoms with Crippen LogP contribution in [0.5, 0.6) is 0 Å². The summed E-state index contributed by atoms with van der Waals surface area (Å²) in [6, 6.07) is 0. The van der Waals surface area contributed by atoms with E-state index in [0.717, 1.165) is 6.08 Å². The van der Waals surface area contributed by atoms with Gasteiger partial charge in [-0.3, -0.25) is 9.59 Å². The monoisotopic (exact) mass is 184 g/mol. The van der Waals surface area contributed by atoms with Gasteiger partial charge < -0.3 is 4.74 Å². The van der Waals surface area contributed by atoms with Crippen LogP contribution in [0.2, 0.25) is 0 Å². The number of hydrogen-bond donors (Lipinski definition) is 0. The second-order valence-electron chi connectivity index (χ2n) is 3.40. The van der Waals surface area contributed by atoms with Gasteiger partial charge in [-0.15, -0.1) is 0 Å². The van der Waals surface area contributed by atoms with Crippen molar-refractivity contribution in [1.82, 2.24) is 0 Å². The van der Waals surface area contributed by atoms with Gasteiger partial charge in [0.15, 0.2) is 0 Å². The van der Waals surface area contributed by atoms with Gasteiger partial charge in [0.1, 0.15) is 5.60 Å². The molecule has 0 rings (SSSR count). The van der Waals surface area contributed by atoms with Crippen molar-refractivity contribution in [2.24, 2.45) is 0 Å². The number of carbonyl (C=O) groups is 3. The SMILES string of the molecule is C=CC(=O)C(=O)C(=O)OC(C)(C)C. The van der Waals surface area contributed by atoms with Crippen LogP contribution < -0.4 is 0 Å². The average molecular weight is 184 g/mol. The number of ether oxygens (including phenoxy) is 1. The van der Waals surface area contributed by atoms with Gasteiger partial charge in [0.2, 0.25) is 5.78 Å². The van der Waals surface area contributed by atoms with Crippen LogP contribution in [-0.4, -0.2) is 23.1 Å². The lowest BCUT2D eigenvalue weighted by atomic mass is 10.2. The predicted octanol–water partition coefficient (Wildman–Crippen LogP) is 0.652. The largest absolute Gasteiger partial charge is 0.454 e. The molecule has 0 aliphatic carbocycles. The zero-order chi connectivity index (χ0) is 10.6. The molecule has 0 aromatic carbocycles. The minimum Gasteiger partial charge on any atom is -0.454 e. The van der Waals surface area contributed by atoms with Crippen molar-refractivity contribution in [2.75, 3.05) is 0 Å². The fraction of sp³-hybridized carbons (Fsp3) is 0.444. The third-order valence-corrected chi connectivity index (χ3v) is 0.993. The van der Waals surface area contributed by atoms with Crippen molar-refractivity contribution in [3.8, 4) is 0 Å². The molecule has 0 saturated carbocycles. The molecular weight excluding hydrogens is 172 g/mol. The standard InChI is InChI=1S/C9H12O4/c1-5-6(10)7(11)8(12)13-9(2,3)4/h5H,1H2,2-4H3. The van der Waals surface area contributed by atoms with Crippen LogP contribution in [0.15, 0.2) is 12.7 Å². The first-order valence-electron chi connectivity index (χ1n) is 3.72. The molecule has 0 aromatic heterocycles. The first-order valence-corrected chi connectivity index (χ1v) is 3.72. The quantitative estimate of drug-likeness (QED) is 0.279. The van der Waals surface area contributed by atoms with Gasteiger partial charge >= 0.3 is 11.8 Å². The lowest BCUT2D eigenvalue weighted by Gasteiger charge is -2.18. The minimum atomic E-state index is -1.19. The third kappa shape index (κ3) is 4.20. The van der Waals surface area contributed by atoms with Crippen molar-refractivity contribution in [2.45, 2.75) is 26.4 Å². The molecule has 4 nitrogen and oxygen atoms in total. The molecule has 0 aromatic rings. The molecule has 4 heteroatoms. The lowest BCUT2D eigenvalue weighted by molar-refractivity contribution is -0.163. The molecule has 0 aliphatic heterocycles. The maximum Gasteiger partial charge on any atom is 0.383 e. The summed E-state index contributed by atoms with van der Waals surface area (Å²) in [6.45, 7) is 7.91.